The number of nitrogens with one attached hydrogen (secondary N) is 1. The van der Waals surface area contributed by atoms with E-state index in [0.29, 0.717) is 22.2 Å². The molecule has 1 atom stereocenters. The normalized spacial score (nSPS) is 13.3. The molecule has 1 aromatic carbocycles. The van der Waals surface area contributed by atoms with E-state index in [-0.39, 0.29) is 17.7 Å². The Labute approximate surface area is 142 Å². The van der Waals surface area contributed by atoms with Crippen molar-refractivity contribution in [2.45, 2.75) is 26.4 Å². The number of aliphatic hydroxyl groups is 1. The fourth-order valence-corrected chi connectivity index (χ4v) is 2.93. The van der Waals surface area contributed by atoms with Gasteiger partial charge in [-0.25, -0.2) is 0 Å². The first-order valence-electron chi connectivity index (χ1n) is 7.14. The first-order chi connectivity index (χ1) is 10.1. The van der Waals surface area contributed by atoms with Crippen molar-refractivity contribution in [2.24, 2.45) is 5.41 Å². The third kappa shape index (κ3) is 6.97. The monoisotopic (exact) mass is 346 g/mol. The Hall–Kier alpha value is -0.810. The van der Waals surface area contributed by atoms with Gasteiger partial charge in [-0.2, -0.15) is 0 Å². The summed E-state index contributed by atoms with van der Waals surface area (Å²) in [5, 5.41) is 13.9. The number of rotatable bonds is 7. The number of hydrogen-bond acceptors (Lipinski definition) is 3. The molecule has 4 nitrogen and oxygen atoms in total. The van der Waals surface area contributed by atoms with Gasteiger partial charge in [-0.05, 0) is 43.3 Å². The number of amides is 1. The number of carbonyl (C=O) groups is 1. The molecule has 0 fully saturated rings. The molecule has 22 heavy (non-hydrogen) atoms. The lowest BCUT2D eigenvalue weighted by Crippen LogP contribution is -2.40. The zero-order valence-corrected chi connectivity index (χ0v) is 15.0. The standard InChI is InChI=1S/C16H24Cl2N2O2/c1-16(2,10-20(3)4)9-19-15(22)8-14(21)11-5-12(17)7-13(18)6-11/h5-7,14,21H,8-10H2,1-4H3,(H,19,22). The van der Waals surface area contributed by atoms with Crippen LogP contribution in [0.4, 0.5) is 0 Å². The van der Waals surface area contributed by atoms with Crippen LogP contribution in [-0.4, -0.2) is 43.1 Å². The van der Waals surface area contributed by atoms with E-state index >= 15 is 0 Å². The summed E-state index contributed by atoms with van der Waals surface area (Å²) in [6, 6.07) is 4.81. The van der Waals surface area contributed by atoms with Gasteiger partial charge in [-0.15, -0.1) is 0 Å². The molecule has 2 N–H and O–H groups in total. The Bertz CT molecular complexity index is 499. The van der Waals surface area contributed by atoms with Crippen LogP contribution in [-0.2, 0) is 4.79 Å². The minimum Gasteiger partial charge on any atom is -0.388 e. The predicted molar refractivity (Wildman–Crippen MR) is 91.4 cm³/mol. The van der Waals surface area contributed by atoms with Gasteiger partial charge in [-0.1, -0.05) is 37.0 Å². The summed E-state index contributed by atoms with van der Waals surface area (Å²) in [6.45, 7) is 5.58. The van der Waals surface area contributed by atoms with Crippen molar-refractivity contribution < 1.29 is 9.90 Å². The van der Waals surface area contributed by atoms with Crippen molar-refractivity contribution in [1.82, 2.24) is 10.2 Å². The molecule has 1 unspecified atom stereocenters. The van der Waals surface area contributed by atoms with E-state index in [2.05, 4.69) is 24.1 Å². The van der Waals surface area contributed by atoms with Crippen molar-refractivity contribution in [3.8, 4) is 0 Å². The Morgan fingerprint density at radius 3 is 2.32 bits per heavy atom. The van der Waals surface area contributed by atoms with E-state index in [1.165, 1.54) is 0 Å². The molecule has 0 spiro atoms. The molecule has 0 radical (unpaired) electrons. The summed E-state index contributed by atoms with van der Waals surface area (Å²) < 4.78 is 0. The molecule has 0 heterocycles. The van der Waals surface area contributed by atoms with Crippen LogP contribution in [0.15, 0.2) is 18.2 Å². The van der Waals surface area contributed by atoms with E-state index in [1.54, 1.807) is 18.2 Å². The molecule has 1 aromatic rings. The highest BCUT2D eigenvalue weighted by Crippen LogP contribution is 2.25. The first-order valence-corrected chi connectivity index (χ1v) is 7.90. The number of hydrogen-bond donors (Lipinski definition) is 2. The topological polar surface area (TPSA) is 52.6 Å². The van der Waals surface area contributed by atoms with Crippen LogP contribution in [0.25, 0.3) is 0 Å². The molecule has 1 amide bonds. The van der Waals surface area contributed by atoms with Crippen molar-refractivity contribution in [3.63, 3.8) is 0 Å². The highest BCUT2D eigenvalue weighted by atomic mass is 35.5. The smallest absolute Gasteiger partial charge is 0.222 e. The van der Waals surface area contributed by atoms with Gasteiger partial charge < -0.3 is 15.3 Å². The van der Waals surface area contributed by atoms with Crippen LogP contribution in [0.2, 0.25) is 10.0 Å². The number of carbonyl (C=O) groups excluding carboxylic acids is 1. The summed E-state index contributed by atoms with van der Waals surface area (Å²) in [4.78, 5) is 14.1. The van der Waals surface area contributed by atoms with Crippen molar-refractivity contribution >= 4 is 29.1 Å². The van der Waals surface area contributed by atoms with Crippen molar-refractivity contribution in [2.75, 3.05) is 27.2 Å². The SMILES string of the molecule is CN(C)CC(C)(C)CNC(=O)CC(O)c1cc(Cl)cc(Cl)c1. The largest absolute Gasteiger partial charge is 0.388 e. The highest BCUT2D eigenvalue weighted by Gasteiger charge is 2.21. The van der Waals surface area contributed by atoms with Gasteiger partial charge in [0.2, 0.25) is 5.91 Å². The summed E-state index contributed by atoms with van der Waals surface area (Å²) in [5.74, 6) is -0.199. The Kier molecular flexibility index (Phi) is 7.13. The van der Waals surface area contributed by atoms with Crippen LogP contribution >= 0.6 is 23.2 Å². The summed E-state index contributed by atoms with van der Waals surface area (Å²) in [7, 11) is 3.99. The fourth-order valence-electron chi connectivity index (χ4n) is 2.38. The van der Waals surface area contributed by atoms with Gasteiger partial charge in [0, 0.05) is 23.1 Å². The molecule has 0 saturated carbocycles. The molecule has 0 bridgehead atoms. The average Bonchev–Trinajstić information content (AvgIpc) is 2.33. The fraction of sp³-hybridized carbons (Fsp3) is 0.562. The van der Waals surface area contributed by atoms with Crippen LogP contribution in [0.5, 0.6) is 0 Å². The molecule has 6 heteroatoms. The van der Waals surface area contributed by atoms with Gasteiger partial charge in [0.15, 0.2) is 0 Å². The van der Waals surface area contributed by atoms with Gasteiger partial charge in [0.25, 0.3) is 0 Å². The summed E-state index contributed by atoms with van der Waals surface area (Å²) in [5.41, 5.74) is 0.504. The first kappa shape index (κ1) is 19.2. The molecule has 1 rings (SSSR count). The molecule has 0 aliphatic carbocycles. The van der Waals surface area contributed by atoms with E-state index in [1.807, 2.05) is 14.1 Å². The van der Waals surface area contributed by atoms with Gasteiger partial charge in [0.1, 0.15) is 0 Å². The maximum absolute atomic E-state index is 12.0. The summed E-state index contributed by atoms with van der Waals surface area (Å²) in [6.07, 6.45) is -0.942. The molecule has 0 aliphatic heterocycles. The van der Waals surface area contributed by atoms with Crippen LogP contribution in [0.1, 0.15) is 31.9 Å². The minimum atomic E-state index is -0.923. The number of benzene rings is 1. The lowest BCUT2D eigenvalue weighted by Gasteiger charge is -2.28. The maximum atomic E-state index is 12.0. The molecular formula is C16H24Cl2N2O2. The van der Waals surface area contributed by atoms with Gasteiger partial charge in [0.05, 0.1) is 12.5 Å². The third-order valence-electron chi connectivity index (χ3n) is 3.16. The predicted octanol–water partition coefficient (Wildman–Crippen LogP) is 3.12. The zero-order valence-electron chi connectivity index (χ0n) is 13.5. The number of aliphatic hydroxyl groups excluding tert-OH is 1. The molecule has 0 aromatic heterocycles. The van der Waals surface area contributed by atoms with Gasteiger partial charge >= 0.3 is 0 Å². The second-order valence-electron chi connectivity index (χ2n) is 6.60. The number of halogens is 2. The molecule has 124 valence electrons. The average molecular weight is 347 g/mol. The van der Waals surface area contributed by atoms with E-state index in [9.17, 15) is 9.90 Å². The Balaban J connectivity index is 2.54. The van der Waals surface area contributed by atoms with Crippen molar-refractivity contribution in [3.05, 3.63) is 33.8 Å². The maximum Gasteiger partial charge on any atom is 0.222 e. The van der Waals surface area contributed by atoms with Crippen LogP contribution in [0.3, 0.4) is 0 Å². The molecular weight excluding hydrogens is 323 g/mol. The lowest BCUT2D eigenvalue weighted by atomic mass is 9.93. The summed E-state index contributed by atoms with van der Waals surface area (Å²) >= 11 is 11.8. The van der Waals surface area contributed by atoms with Gasteiger partial charge in [-0.3, -0.25) is 4.79 Å². The quantitative estimate of drug-likeness (QED) is 0.797. The van der Waals surface area contributed by atoms with E-state index in [4.69, 9.17) is 23.2 Å². The minimum absolute atomic E-state index is 0.0191. The number of nitrogens with zero attached hydrogens (tertiary/aromatic N) is 1. The Morgan fingerprint density at radius 1 is 1.27 bits per heavy atom. The second kappa shape index (κ2) is 8.16. The van der Waals surface area contributed by atoms with Crippen LogP contribution < -0.4 is 5.32 Å². The van der Waals surface area contributed by atoms with E-state index < -0.39 is 6.10 Å². The lowest BCUT2D eigenvalue weighted by molar-refractivity contribution is -0.123. The molecule has 0 saturated heterocycles. The second-order valence-corrected chi connectivity index (χ2v) is 7.47. The Morgan fingerprint density at radius 2 is 1.82 bits per heavy atom. The zero-order chi connectivity index (χ0) is 16.9. The van der Waals surface area contributed by atoms with Crippen molar-refractivity contribution in [1.29, 1.82) is 0 Å². The molecule has 0 aliphatic rings. The highest BCUT2D eigenvalue weighted by molar-refractivity contribution is 6.34. The van der Waals surface area contributed by atoms with Crippen LogP contribution in [0, 0.1) is 5.41 Å². The van der Waals surface area contributed by atoms with E-state index in [0.717, 1.165) is 6.54 Å². The third-order valence-corrected chi connectivity index (χ3v) is 3.59.